The summed E-state index contributed by atoms with van der Waals surface area (Å²) in [4.78, 5) is 22.9. The molecule has 1 unspecified atom stereocenters. The van der Waals surface area contributed by atoms with Gasteiger partial charge in [-0.1, -0.05) is 30.3 Å². The average Bonchev–Trinajstić information content (AvgIpc) is 3.23. The fourth-order valence-electron chi connectivity index (χ4n) is 3.52. The molecule has 0 aliphatic carbocycles. The molecule has 2 saturated heterocycles. The van der Waals surface area contributed by atoms with Gasteiger partial charge in [0.2, 0.25) is 5.91 Å². The quantitative estimate of drug-likeness (QED) is 0.355. The Bertz CT molecular complexity index is 642. The predicted octanol–water partition coefficient (Wildman–Crippen LogP) is 1.64. The lowest BCUT2D eigenvalue weighted by atomic mass is 10.2. The Morgan fingerprint density at radius 1 is 1.21 bits per heavy atom. The van der Waals surface area contributed by atoms with Gasteiger partial charge in [0.1, 0.15) is 6.54 Å². The number of carbonyl (C=O) groups is 1. The summed E-state index contributed by atoms with van der Waals surface area (Å²) in [6.07, 6.45) is 2.45. The minimum absolute atomic E-state index is 0. The molecule has 2 aliphatic rings. The van der Waals surface area contributed by atoms with E-state index < -0.39 is 0 Å². The second-order valence-electron chi connectivity index (χ2n) is 7.69. The Balaban J connectivity index is 0.00000300. The van der Waals surface area contributed by atoms with Gasteiger partial charge in [-0.05, 0) is 18.4 Å². The second-order valence-corrected chi connectivity index (χ2v) is 7.69. The molecule has 0 saturated carbocycles. The highest BCUT2D eigenvalue weighted by molar-refractivity contribution is 14.0. The number of hydrogen-bond acceptors (Lipinski definition) is 4. The first-order chi connectivity index (χ1) is 13.6. The summed E-state index contributed by atoms with van der Waals surface area (Å²) in [5, 5.41) is 3.45. The van der Waals surface area contributed by atoms with E-state index in [4.69, 9.17) is 4.74 Å². The average molecular weight is 515 g/mol. The van der Waals surface area contributed by atoms with Gasteiger partial charge in [-0.25, -0.2) is 4.99 Å². The van der Waals surface area contributed by atoms with Crippen molar-refractivity contribution in [1.82, 2.24) is 20.0 Å². The minimum Gasteiger partial charge on any atom is -0.376 e. The number of carbonyl (C=O) groups excluding carboxylic acids is 1. The molecule has 1 aromatic carbocycles. The number of nitrogens with zero attached hydrogens (tertiary/aromatic N) is 4. The van der Waals surface area contributed by atoms with E-state index in [1.807, 2.05) is 0 Å². The summed E-state index contributed by atoms with van der Waals surface area (Å²) in [6.45, 7) is 6.51. The molecule has 1 aromatic rings. The summed E-state index contributed by atoms with van der Waals surface area (Å²) < 4.78 is 5.72. The van der Waals surface area contributed by atoms with E-state index in [-0.39, 0.29) is 42.5 Å². The van der Waals surface area contributed by atoms with Crippen LogP contribution in [-0.2, 0) is 16.1 Å². The van der Waals surface area contributed by atoms with Crippen LogP contribution in [0.3, 0.4) is 0 Å². The van der Waals surface area contributed by atoms with E-state index in [0.29, 0.717) is 0 Å². The zero-order chi connectivity index (χ0) is 19.8. The molecule has 162 valence electrons. The number of ether oxygens (including phenoxy) is 1. The number of amides is 1. The Labute approximate surface area is 191 Å². The second kappa shape index (κ2) is 12.3. The van der Waals surface area contributed by atoms with Crippen molar-refractivity contribution in [2.75, 3.05) is 60.0 Å². The third-order valence-electron chi connectivity index (χ3n) is 5.30. The first kappa shape index (κ1) is 23.9. The maximum absolute atomic E-state index is 12.0. The SMILES string of the molecule is CN(C)C(=O)CN=C(NCC1CCCO1)N1CCN(Cc2ccccc2)CC1.I. The lowest BCUT2D eigenvalue weighted by Crippen LogP contribution is -2.53. The number of likely N-dealkylation sites (N-methyl/N-ethyl adjacent to an activating group) is 1. The van der Waals surface area contributed by atoms with Gasteiger partial charge < -0.3 is 19.9 Å². The summed E-state index contributed by atoms with van der Waals surface area (Å²) >= 11 is 0. The molecular formula is C21H34IN5O2. The smallest absolute Gasteiger partial charge is 0.243 e. The molecule has 0 spiro atoms. The van der Waals surface area contributed by atoms with E-state index in [2.05, 4.69) is 50.4 Å². The minimum atomic E-state index is 0. The van der Waals surface area contributed by atoms with Crippen molar-refractivity contribution in [3.05, 3.63) is 35.9 Å². The molecule has 0 aromatic heterocycles. The number of guanidine groups is 1. The van der Waals surface area contributed by atoms with Crippen LogP contribution in [0.2, 0.25) is 0 Å². The third kappa shape index (κ3) is 7.75. The molecule has 1 N–H and O–H groups in total. The fourth-order valence-corrected chi connectivity index (χ4v) is 3.52. The monoisotopic (exact) mass is 515 g/mol. The Hall–Kier alpha value is -1.39. The van der Waals surface area contributed by atoms with Crippen LogP contribution in [-0.4, -0.2) is 92.6 Å². The van der Waals surface area contributed by atoms with Gasteiger partial charge in [0.25, 0.3) is 0 Å². The van der Waals surface area contributed by atoms with Crippen molar-refractivity contribution in [3.63, 3.8) is 0 Å². The van der Waals surface area contributed by atoms with Crippen LogP contribution in [0.5, 0.6) is 0 Å². The van der Waals surface area contributed by atoms with E-state index in [9.17, 15) is 4.79 Å². The molecule has 3 rings (SSSR count). The third-order valence-corrected chi connectivity index (χ3v) is 5.30. The number of benzene rings is 1. The molecule has 29 heavy (non-hydrogen) atoms. The Kier molecular flexibility index (Phi) is 10.2. The maximum atomic E-state index is 12.0. The zero-order valence-corrected chi connectivity index (χ0v) is 19.9. The van der Waals surface area contributed by atoms with Gasteiger partial charge in [-0.15, -0.1) is 24.0 Å². The molecule has 2 heterocycles. The first-order valence-corrected chi connectivity index (χ1v) is 10.2. The lowest BCUT2D eigenvalue weighted by Gasteiger charge is -2.37. The summed E-state index contributed by atoms with van der Waals surface area (Å²) in [5.41, 5.74) is 1.35. The normalized spacial score (nSPS) is 20.3. The molecule has 1 amide bonds. The van der Waals surface area contributed by atoms with Crippen molar-refractivity contribution in [2.24, 2.45) is 4.99 Å². The predicted molar refractivity (Wildman–Crippen MR) is 127 cm³/mol. The van der Waals surface area contributed by atoms with Crippen LogP contribution in [0.1, 0.15) is 18.4 Å². The van der Waals surface area contributed by atoms with Gasteiger partial charge in [0, 0.05) is 60.0 Å². The van der Waals surface area contributed by atoms with E-state index in [0.717, 1.165) is 64.7 Å². The van der Waals surface area contributed by atoms with Crippen molar-refractivity contribution >= 4 is 35.8 Å². The number of halogens is 1. The number of piperazine rings is 1. The number of aliphatic imine (C=N–C) groups is 1. The molecule has 8 heteroatoms. The molecule has 2 fully saturated rings. The topological polar surface area (TPSA) is 60.4 Å². The summed E-state index contributed by atoms with van der Waals surface area (Å²) in [7, 11) is 3.53. The van der Waals surface area contributed by atoms with Gasteiger partial charge >= 0.3 is 0 Å². The van der Waals surface area contributed by atoms with Crippen LogP contribution in [0.4, 0.5) is 0 Å². The van der Waals surface area contributed by atoms with Crippen molar-refractivity contribution in [2.45, 2.75) is 25.5 Å². The number of nitrogens with one attached hydrogen (secondary N) is 1. The molecule has 7 nitrogen and oxygen atoms in total. The highest BCUT2D eigenvalue weighted by Crippen LogP contribution is 2.12. The lowest BCUT2D eigenvalue weighted by molar-refractivity contribution is -0.127. The van der Waals surface area contributed by atoms with Crippen LogP contribution in [0, 0.1) is 0 Å². The first-order valence-electron chi connectivity index (χ1n) is 10.2. The van der Waals surface area contributed by atoms with Gasteiger partial charge in [0.05, 0.1) is 6.10 Å². The number of rotatable bonds is 6. The van der Waals surface area contributed by atoms with Crippen molar-refractivity contribution in [3.8, 4) is 0 Å². The Morgan fingerprint density at radius 2 is 1.93 bits per heavy atom. The molecule has 0 bridgehead atoms. The molecule has 2 aliphatic heterocycles. The van der Waals surface area contributed by atoms with Crippen LogP contribution in [0.25, 0.3) is 0 Å². The summed E-state index contributed by atoms with van der Waals surface area (Å²) in [5.74, 6) is 0.837. The summed E-state index contributed by atoms with van der Waals surface area (Å²) in [6, 6.07) is 10.6. The van der Waals surface area contributed by atoms with Gasteiger partial charge in [-0.3, -0.25) is 9.69 Å². The molecular weight excluding hydrogens is 481 g/mol. The van der Waals surface area contributed by atoms with Gasteiger partial charge in [-0.2, -0.15) is 0 Å². The largest absolute Gasteiger partial charge is 0.376 e. The van der Waals surface area contributed by atoms with E-state index >= 15 is 0 Å². The Morgan fingerprint density at radius 3 is 2.55 bits per heavy atom. The van der Waals surface area contributed by atoms with E-state index in [1.54, 1.807) is 19.0 Å². The van der Waals surface area contributed by atoms with Crippen molar-refractivity contribution < 1.29 is 9.53 Å². The van der Waals surface area contributed by atoms with Crippen LogP contribution in [0.15, 0.2) is 35.3 Å². The number of hydrogen-bond donors (Lipinski definition) is 1. The van der Waals surface area contributed by atoms with Crippen LogP contribution >= 0.6 is 24.0 Å². The fraction of sp³-hybridized carbons (Fsp3) is 0.619. The molecule has 0 radical (unpaired) electrons. The van der Waals surface area contributed by atoms with Crippen LogP contribution < -0.4 is 5.32 Å². The maximum Gasteiger partial charge on any atom is 0.243 e. The molecule has 1 atom stereocenters. The zero-order valence-electron chi connectivity index (χ0n) is 17.5. The van der Waals surface area contributed by atoms with E-state index in [1.165, 1.54) is 5.56 Å². The van der Waals surface area contributed by atoms with Crippen molar-refractivity contribution in [1.29, 1.82) is 0 Å². The highest BCUT2D eigenvalue weighted by atomic mass is 127. The standard InChI is InChI=1S/C21H33N5O2.HI/c1-24(2)20(27)16-23-21(22-15-19-9-6-14-28-19)26-12-10-25(11-13-26)17-18-7-4-3-5-8-18;/h3-5,7-8,19H,6,9-17H2,1-2H3,(H,22,23);1H. The highest BCUT2D eigenvalue weighted by Gasteiger charge is 2.22. The van der Waals surface area contributed by atoms with Gasteiger partial charge in [0.15, 0.2) is 5.96 Å².